The Balaban J connectivity index is 1.79. The van der Waals surface area contributed by atoms with Gasteiger partial charge in [-0.2, -0.15) is 13.2 Å². The molecule has 3 rings (SSSR count). The Morgan fingerprint density at radius 2 is 1.79 bits per heavy atom. The minimum atomic E-state index is -4.53. The van der Waals surface area contributed by atoms with Crippen LogP contribution >= 0.6 is 0 Å². The number of carboxylic acid groups (broad SMARTS) is 1. The number of aromatic nitrogens is 1. The summed E-state index contributed by atoms with van der Waals surface area (Å²) in [4.78, 5) is 28.1. The Kier molecular flexibility index (Phi) is 5.30. The zero-order chi connectivity index (χ0) is 20.3. The van der Waals surface area contributed by atoms with E-state index < -0.39 is 29.7 Å². The van der Waals surface area contributed by atoms with Crippen molar-refractivity contribution in [2.24, 2.45) is 0 Å². The third-order valence-electron chi connectivity index (χ3n) is 4.13. The molecule has 0 saturated carbocycles. The Labute approximate surface area is 157 Å². The predicted molar refractivity (Wildman–Crippen MR) is 95.8 cm³/mol. The number of rotatable bonds is 5. The molecule has 8 heteroatoms. The van der Waals surface area contributed by atoms with Crippen molar-refractivity contribution in [3.63, 3.8) is 0 Å². The Morgan fingerprint density at radius 1 is 1.04 bits per heavy atom. The number of aliphatic carboxylic acids is 1. The fourth-order valence-electron chi connectivity index (χ4n) is 2.74. The zero-order valence-corrected chi connectivity index (χ0v) is 14.4. The number of alkyl halides is 3. The van der Waals surface area contributed by atoms with Crippen LogP contribution in [0, 0.1) is 0 Å². The molecule has 0 unspecified atom stereocenters. The molecular formula is C20H15F3N2O3. The Hall–Kier alpha value is -3.42. The van der Waals surface area contributed by atoms with E-state index in [2.05, 4.69) is 10.3 Å². The van der Waals surface area contributed by atoms with Crippen LogP contribution in [0.3, 0.4) is 0 Å². The number of carbonyl (C=O) groups excluding carboxylic acids is 1. The van der Waals surface area contributed by atoms with Crippen LogP contribution in [0.15, 0.2) is 60.7 Å². The molecular weight excluding hydrogens is 373 g/mol. The van der Waals surface area contributed by atoms with Gasteiger partial charge in [0.25, 0.3) is 5.91 Å². The van der Waals surface area contributed by atoms with Crippen LogP contribution in [0.2, 0.25) is 0 Å². The number of nitrogens with one attached hydrogen (secondary N) is 1. The van der Waals surface area contributed by atoms with Crippen molar-refractivity contribution in [3.8, 4) is 0 Å². The summed E-state index contributed by atoms with van der Waals surface area (Å²) in [5.41, 5.74) is -0.139. The minimum absolute atomic E-state index is 0.0222. The molecule has 28 heavy (non-hydrogen) atoms. The first-order valence-corrected chi connectivity index (χ1v) is 8.29. The van der Waals surface area contributed by atoms with E-state index >= 15 is 0 Å². The van der Waals surface area contributed by atoms with Crippen molar-refractivity contribution in [2.45, 2.75) is 18.6 Å². The maximum Gasteiger partial charge on any atom is 0.416 e. The number of para-hydroxylation sites is 1. The molecule has 0 spiro atoms. The van der Waals surface area contributed by atoms with Gasteiger partial charge in [0.05, 0.1) is 11.1 Å². The van der Waals surface area contributed by atoms with E-state index in [9.17, 15) is 27.9 Å². The van der Waals surface area contributed by atoms with Gasteiger partial charge in [0.1, 0.15) is 11.7 Å². The van der Waals surface area contributed by atoms with Crippen molar-refractivity contribution < 1.29 is 27.9 Å². The second-order valence-electron chi connectivity index (χ2n) is 6.16. The van der Waals surface area contributed by atoms with E-state index in [1.807, 2.05) is 12.1 Å². The van der Waals surface area contributed by atoms with Gasteiger partial charge in [0.15, 0.2) is 0 Å². The predicted octanol–water partition coefficient (Wildman–Crippen LogP) is 3.68. The van der Waals surface area contributed by atoms with Gasteiger partial charge in [-0.25, -0.2) is 9.78 Å². The maximum absolute atomic E-state index is 12.8. The summed E-state index contributed by atoms with van der Waals surface area (Å²) in [6.45, 7) is 0. The minimum Gasteiger partial charge on any atom is -0.480 e. The molecule has 0 aliphatic carbocycles. The highest BCUT2D eigenvalue weighted by atomic mass is 19.4. The lowest BCUT2D eigenvalue weighted by Crippen LogP contribution is -2.42. The van der Waals surface area contributed by atoms with Gasteiger partial charge >= 0.3 is 12.1 Å². The van der Waals surface area contributed by atoms with Crippen molar-refractivity contribution in [3.05, 3.63) is 77.5 Å². The summed E-state index contributed by atoms with van der Waals surface area (Å²) in [7, 11) is 0. The Bertz CT molecular complexity index is 1030. The number of carboxylic acids is 1. The van der Waals surface area contributed by atoms with Gasteiger partial charge in [0, 0.05) is 11.8 Å². The zero-order valence-electron chi connectivity index (χ0n) is 14.4. The third kappa shape index (κ3) is 4.46. The molecule has 1 atom stereocenters. The number of carbonyl (C=O) groups is 2. The van der Waals surface area contributed by atoms with Crippen LogP contribution in [-0.4, -0.2) is 28.0 Å². The lowest BCUT2D eigenvalue weighted by Gasteiger charge is -2.15. The topological polar surface area (TPSA) is 79.3 Å². The van der Waals surface area contributed by atoms with Crippen molar-refractivity contribution in [1.29, 1.82) is 0 Å². The molecule has 3 aromatic rings. The normalized spacial score (nSPS) is 12.5. The van der Waals surface area contributed by atoms with E-state index in [-0.39, 0.29) is 17.7 Å². The number of benzene rings is 2. The van der Waals surface area contributed by atoms with Crippen molar-refractivity contribution in [2.75, 3.05) is 0 Å². The van der Waals surface area contributed by atoms with Crippen molar-refractivity contribution in [1.82, 2.24) is 10.3 Å². The summed E-state index contributed by atoms with van der Waals surface area (Å²) >= 11 is 0. The highest BCUT2D eigenvalue weighted by Crippen LogP contribution is 2.29. The molecule has 2 aromatic carbocycles. The third-order valence-corrected chi connectivity index (χ3v) is 4.13. The SMILES string of the molecule is O=C(N[C@@H](Cc1cccc(C(F)(F)F)c1)C(=O)O)c1ccc2ccccc2n1. The van der Waals surface area contributed by atoms with Crippen LogP contribution in [0.5, 0.6) is 0 Å². The number of hydrogen-bond donors (Lipinski definition) is 2. The van der Waals surface area contributed by atoms with Gasteiger partial charge in [-0.05, 0) is 23.8 Å². The monoisotopic (exact) mass is 388 g/mol. The number of halogens is 3. The molecule has 0 radical (unpaired) electrons. The molecule has 1 aromatic heterocycles. The molecule has 0 fully saturated rings. The maximum atomic E-state index is 12.8. The standard InChI is InChI=1S/C20H15F3N2O3/c21-20(22,23)14-6-3-4-12(10-14)11-17(19(27)28)25-18(26)16-9-8-13-5-1-2-7-15(13)24-16/h1-10,17H,11H2,(H,25,26)(H,27,28)/t17-/m0/s1. The van der Waals surface area contributed by atoms with E-state index in [0.29, 0.717) is 5.52 Å². The largest absolute Gasteiger partial charge is 0.480 e. The van der Waals surface area contributed by atoms with E-state index in [1.54, 1.807) is 18.2 Å². The van der Waals surface area contributed by atoms with Crippen LogP contribution < -0.4 is 5.32 Å². The van der Waals surface area contributed by atoms with Crippen LogP contribution in [0.25, 0.3) is 10.9 Å². The molecule has 2 N–H and O–H groups in total. The molecule has 0 saturated heterocycles. The molecule has 144 valence electrons. The summed E-state index contributed by atoms with van der Waals surface area (Å²) in [5.74, 6) is -2.07. The fourth-order valence-corrected chi connectivity index (χ4v) is 2.74. The number of nitrogens with zero attached hydrogens (tertiary/aromatic N) is 1. The number of pyridine rings is 1. The summed E-state index contributed by atoms with van der Waals surface area (Å²) in [6.07, 6.45) is -4.83. The average molecular weight is 388 g/mol. The number of hydrogen-bond acceptors (Lipinski definition) is 3. The van der Waals surface area contributed by atoms with Gasteiger partial charge in [-0.15, -0.1) is 0 Å². The van der Waals surface area contributed by atoms with E-state index in [0.717, 1.165) is 17.5 Å². The molecule has 0 bridgehead atoms. The highest BCUT2D eigenvalue weighted by molar-refractivity contribution is 5.97. The van der Waals surface area contributed by atoms with E-state index in [1.165, 1.54) is 18.2 Å². The average Bonchev–Trinajstić information content (AvgIpc) is 2.66. The van der Waals surface area contributed by atoms with Crippen LogP contribution in [0.1, 0.15) is 21.6 Å². The van der Waals surface area contributed by atoms with Gasteiger partial charge < -0.3 is 10.4 Å². The van der Waals surface area contributed by atoms with Crippen molar-refractivity contribution >= 4 is 22.8 Å². The Morgan fingerprint density at radius 3 is 2.50 bits per heavy atom. The first-order chi connectivity index (χ1) is 13.2. The van der Waals surface area contributed by atoms with Gasteiger partial charge in [0.2, 0.25) is 0 Å². The summed E-state index contributed by atoms with van der Waals surface area (Å²) in [6, 6.07) is 13.2. The van der Waals surface area contributed by atoms with Gasteiger partial charge in [-0.3, -0.25) is 4.79 Å². The molecule has 0 aliphatic heterocycles. The first-order valence-electron chi connectivity index (χ1n) is 8.29. The van der Waals surface area contributed by atoms with E-state index in [4.69, 9.17) is 0 Å². The van der Waals surface area contributed by atoms with Gasteiger partial charge in [-0.1, -0.05) is 42.5 Å². The smallest absolute Gasteiger partial charge is 0.416 e. The summed E-state index contributed by atoms with van der Waals surface area (Å²) in [5, 5.41) is 12.5. The van der Waals surface area contributed by atoms with Crippen LogP contribution in [-0.2, 0) is 17.4 Å². The number of amides is 1. The molecule has 1 amide bonds. The quantitative estimate of drug-likeness (QED) is 0.699. The molecule has 0 aliphatic rings. The molecule has 1 heterocycles. The highest BCUT2D eigenvalue weighted by Gasteiger charge is 2.31. The number of fused-ring (bicyclic) bond motifs is 1. The second kappa shape index (κ2) is 7.67. The molecule has 5 nitrogen and oxygen atoms in total. The lowest BCUT2D eigenvalue weighted by molar-refractivity contribution is -0.139. The van der Waals surface area contributed by atoms with Crippen LogP contribution in [0.4, 0.5) is 13.2 Å². The fraction of sp³-hybridized carbons (Fsp3) is 0.150. The summed E-state index contributed by atoms with van der Waals surface area (Å²) < 4.78 is 38.5. The second-order valence-corrected chi connectivity index (χ2v) is 6.16. The lowest BCUT2D eigenvalue weighted by atomic mass is 10.0. The first kappa shape index (κ1) is 19.3.